The van der Waals surface area contributed by atoms with Crippen molar-refractivity contribution < 1.29 is 14.2 Å². The van der Waals surface area contributed by atoms with Crippen LogP contribution in [0.1, 0.15) is 41.6 Å². The first-order valence-corrected chi connectivity index (χ1v) is 11.5. The van der Waals surface area contributed by atoms with Crippen LogP contribution in [-0.4, -0.2) is 24.4 Å². The van der Waals surface area contributed by atoms with Crippen LogP contribution in [0.3, 0.4) is 0 Å². The van der Waals surface area contributed by atoms with Crippen LogP contribution in [0, 0.1) is 0 Å². The lowest BCUT2D eigenvalue weighted by molar-refractivity contribution is -0.0196. The molecule has 3 heterocycles. The number of hydrogen-bond donors (Lipinski definition) is 0. The van der Waals surface area contributed by atoms with Crippen LogP contribution >= 0.6 is 27.3 Å². The van der Waals surface area contributed by atoms with Crippen molar-refractivity contribution >= 4 is 33.0 Å². The molecule has 0 fully saturated rings. The third-order valence-corrected chi connectivity index (χ3v) is 6.96. The van der Waals surface area contributed by atoms with Crippen molar-refractivity contribution in [2.45, 2.75) is 25.6 Å². The maximum Gasteiger partial charge on any atom is 0.215 e. The van der Waals surface area contributed by atoms with Gasteiger partial charge >= 0.3 is 0 Å². The molecule has 0 saturated carbocycles. The SMILES string of the molecule is CCOc1cc(C2Oc3ccccc3C3CC(c4cccs4)=NN32)c(Br)cc1OC. The van der Waals surface area contributed by atoms with Gasteiger partial charge in [-0.1, -0.05) is 40.2 Å². The number of fused-ring (bicyclic) bond motifs is 3. The number of rotatable bonds is 5. The molecular formula is C23H21BrN2O3S. The van der Waals surface area contributed by atoms with Crippen LogP contribution in [0.4, 0.5) is 0 Å². The Morgan fingerprint density at radius 2 is 2.03 bits per heavy atom. The largest absolute Gasteiger partial charge is 0.493 e. The molecule has 5 nitrogen and oxygen atoms in total. The number of benzene rings is 2. The second kappa shape index (κ2) is 7.96. The zero-order valence-corrected chi connectivity index (χ0v) is 19.1. The van der Waals surface area contributed by atoms with Gasteiger partial charge in [-0.15, -0.1) is 11.3 Å². The Labute approximate surface area is 188 Å². The van der Waals surface area contributed by atoms with Crippen molar-refractivity contribution in [2.75, 3.05) is 13.7 Å². The van der Waals surface area contributed by atoms with E-state index >= 15 is 0 Å². The summed E-state index contributed by atoms with van der Waals surface area (Å²) in [5.41, 5.74) is 3.21. The first kappa shape index (κ1) is 19.5. The molecule has 2 atom stereocenters. The summed E-state index contributed by atoms with van der Waals surface area (Å²) in [7, 11) is 1.64. The number of hydrazone groups is 1. The third-order valence-electron chi connectivity index (χ3n) is 5.35. The maximum absolute atomic E-state index is 6.48. The zero-order chi connectivity index (χ0) is 20.7. The molecule has 0 amide bonds. The van der Waals surface area contributed by atoms with Gasteiger partial charge in [-0.25, -0.2) is 5.01 Å². The molecule has 1 aromatic heterocycles. The fourth-order valence-corrected chi connectivity index (χ4v) is 5.24. The van der Waals surface area contributed by atoms with E-state index < -0.39 is 0 Å². The van der Waals surface area contributed by atoms with Gasteiger partial charge in [0, 0.05) is 22.0 Å². The average molecular weight is 485 g/mol. The van der Waals surface area contributed by atoms with Crippen LogP contribution in [0.25, 0.3) is 0 Å². The van der Waals surface area contributed by atoms with Crippen molar-refractivity contribution in [1.29, 1.82) is 0 Å². The van der Waals surface area contributed by atoms with Crippen LogP contribution in [0.2, 0.25) is 0 Å². The first-order valence-electron chi connectivity index (χ1n) is 9.85. The Morgan fingerprint density at radius 1 is 1.17 bits per heavy atom. The van der Waals surface area contributed by atoms with Gasteiger partial charge in [0.2, 0.25) is 6.23 Å². The predicted molar refractivity (Wildman–Crippen MR) is 122 cm³/mol. The average Bonchev–Trinajstić information content (AvgIpc) is 3.44. The molecule has 0 spiro atoms. The molecule has 0 radical (unpaired) electrons. The van der Waals surface area contributed by atoms with Crippen molar-refractivity contribution in [3.05, 3.63) is 74.4 Å². The molecule has 0 aliphatic carbocycles. The summed E-state index contributed by atoms with van der Waals surface area (Å²) in [4.78, 5) is 1.20. The smallest absolute Gasteiger partial charge is 0.215 e. The number of ether oxygens (including phenoxy) is 3. The van der Waals surface area contributed by atoms with E-state index in [0.717, 1.165) is 27.9 Å². The minimum atomic E-state index is -0.373. The van der Waals surface area contributed by atoms with Crippen LogP contribution in [0.5, 0.6) is 17.2 Å². The summed E-state index contributed by atoms with van der Waals surface area (Å²) >= 11 is 5.43. The van der Waals surface area contributed by atoms with E-state index in [9.17, 15) is 0 Å². The van der Waals surface area contributed by atoms with Gasteiger partial charge in [0.25, 0.3) is 0 Å². The summed E-state index contributed by atoms with van der Waals surface area (Å²) in [6, 6.07) is 16.5. The summed E-state index contributed by atoms with van der Waals surface area (Å²) in [5, 5.41) is 9.18. The Balaban J connectivity index is 1.62. The fourth-order valence-electron chi connectivity index (χ4n) is 4.00. The first-order chi connectivity index (χ1) is 14.7. The maximum atomic E-state index is 6.48. The summed E-state index contributed by atoms with van der Waals surface area (Å²) in [5.74, 6) is 2.27. The van der Waals surface area contributed by atoms with E-state index in [1.54, 1.807) is 18.4 Å². The molecule has 0 N–H and O–H groups in total. The molecule has 30 heavy (non-hydrogen) atoms. The lowest BCUT2D eigenvalue weighted by Gasteiger charge is -2.38. The summed E-state index contributed by atoms with van der Waals surface area (Å²) < 4.78 is 18.7. The molecule has 5 rings (SSSR count). The molecular weight excluding hydrogens is 464 g/mol. The highest BCUT2D eigenvalue weighted by molar-refractivity contribution is 9.10. The number of para-hydroxylation sites is 1. The predicted octanol–water partition coefficient (Wildman–Crippen LogP) is 6.16. The van der Waals surface area contributed by atoms with Gasteiger partial charge in [0.1, 0.15) is 5.75 Å². The van der Waals surface area contributed by atoms with Gasteiger partial charge < -0.3 is 14.2 Å². The van der Waals surface area contributed by atoms with E-state index in [4.69, 9.17) is 19.3 Å². The molecule has 3 aromatic rings. The topological polar surface area (TPSA) is 43.3 Å². The standard InChI is InChI=1S/C23H21BrN2O3S/c1-3-28-21-11-15(16(24)12-20(21)27-2)23-26-18(14-7-4-5-8-19(14)29-23)13-17(25-26)22-9-6-10-30-22/h4-12,18,23H,3,13H2,1-2H3. The Hall–Kier alpha value is -2.51. The van der Waals surface area contributed by atoms with E-state index in [1.165, 1.54) is 10.4 Å². The van der Waals surface area contributed by atoms with Gasteiger partial charge in [0.05, 0.1) is 30.3 Å². The van der Waals surface area contributed by atoms with Crippen molar-refractivity contribution in [2.24, 2.45) is 5.10 Å². The van der Waals surface area contributed by atoms with Crippen molar-refractivity contribution in [1.82, 2.24) is 5.01 Å². The van der Waals surface area contributed by atoms with E-state index in [2.05, 4.69) is 50.6 Å². The van der Waals surface area contributed by atoms with Crippen LogP contribution in [0.15, 0.2) is 63.5 Å². The van der Waals surface area contributed by atoms with Crippen LogP contribution < -0.4 is 14.2 Å². The van der Waals surface area contributed by atoms with Crippen LogP contribution in [-0.2, 0) is 0 Å². The summed E-state index contributed by atoms with van der Waals surface area (Å²) in [6.07, 6.45) is 0.477. The summed E-state index contributed by atoms with van der Waals surface area (Å²) in [6.45, 7) is 2.52. The van der Waals surface area contributed by atoms with Gasteiger partial charge in [-0.2, -0.15) is 5.10 Å². The molecule has 2 unspecified atom stereocenters. The third kappa shape index (κ3) is 3.26. The van der Waals surface area contributed by atoms with Crippen molar-refractivity contribution in [3.63, 3.8) is 0 Å². The molecule has 0 bridgehead atoms. The number of nitrogens with zero attached hydrogens (tertiary/aromatic N) is 2. The number of thiophene rings is 1. The highest BCUT2D eigenvalue weighted by atomic mass is 79.9. The normalized spacial score (nSPS) is 19.6. The number of methoxy groups -OCH3 is 1. The highest BCUT2D eigenvalue weighted by Crippen LogP contribution is 2.49. The highest BCUT2D eigenvalue weighted by Gasteiger charge is 2.42. The quantitative estimate of drug-likeness (QED) is 0.434. The molecule has 2 aliphatic rings. The number of halogens is 1. The monoisotopic (exact) mass is 484 g/mol. The molecule has 0 saturated heterocycles. The Kier molecular flexibility index (Phi) is 5.16. The van der Waals surface area contributed by atoms with Gasteiger partial charge in [-0.05, 0) is 36.6 Å². The number of hydrogen-bond acceptors (Lipinski definition) is 6. The Bertz CT molecular complexity index is 1100. The zero-order valence-electron chi connectivity index (χ0n) is 16.7. The lowest BCUT2D eigenvalue weighted by Crippen LogP contribution is -2.34. The van der Waals surface area contributed by atoms with E-state index in [1.807, 2.05) is 31.2 Å². The second-order valence-corrected chi connectivity index (χ2v) is 8.89. The lowest BCUT2D eigenvalue weighted by atomic mass is 9.97. The minimum absolute atomic E-state index is 0.126. The fraction of sp³-hybridized carbons (Fsp3) is 0.261. The molecule has 2 aliphatic heterocycles. The van der Waals surface area contributed by atoms with Gasteiger partial charge in [-0.3, -0.25) is 0 Å². The minimum Gasteiger partial charge on any atom is -0.493 e. The second-order valence-electron chi connectivity index (χ2n) is 7.09. The van der Waals surface area contributed by atoms with E-state index in [-0.39, 0.29) is 12.3 Å². The van der Waals surface area contributed by atoms with Gasteiger partial charge in [0.15, 0.2) is 11.5 Å². The van der Waals surface area contributed by atoms with Crippen molar-refractivity contribution in [3.8, 4) is 17.2 Å². The molecule has 7 heteroatoms. The Morgan fingerprint density at radius 3 is 2.80 bits per heavy atom. The van der Waals surface area contributed by atoms with E-state index in [0.29, 0.717) is 18.1 Å². The molecule has 2 aromatic carbocycles. The molecule has 154 valence electrons.